The van der Waals surface area contributed by atoms with Gasteiger partial charge in [0.05, 0.1) is 6.67 Å². The molecule has 0 aromatic rings. The summed E-state index contributed by atoms with van der Waals surface area (Å²) in [5, 5.41) is -2.44. The van der Waals surface area contributed by atoms with E-state index in [9.17, 15) is 26.1 Å². The van der Waals surface area contributed by atoms with Crippen molar-refractivity contribution < 1.29 is 30.5 Å². The molecule has 76 valence electrons. The topological polar surface area (TPSA) is 43.4 Å². The fourth-order valence-electron chi connectivity index (χ4n) is 0.551. The molecule has 13 heavy (non-hydrogen) atoms. The van der Waals surface area contributed by atoms with Gasteiger partial charge in [-0.05, 0) is 4.53 Å². The van der Waals surface area contributed by atoms with E-state index < -0.39 is 34.9 Å². The van der Waals surface area contributed by atoms with E-state index in [1.54, 1.807) is 0 Å². The normalized spacial score (nSPS) is 13.9. The van der Waals surface area contributed by atoms with E-state index >= 15 is 0 Å². The monoisotopic (exact) mass is 234 g/mol. The number of hydrogen-bond donors (Lipinski definition) is 0. The molecule has 3 nitrogen and oxygen atoms in total. The number of rotatable bonds is 5. The van der Waals surface area contributed by atoms with Gasteiger partial charge < -0.3 is 0 Å². The van der Waals surface area contributed by atoms with Crippen LogP contribution in [-0.2, 0) is 14.5 Å². The number of halogens is 4. The molecule has 0 bridgehead atoms. The predicted octanol–water partition coefficient (Wildman–Crippen LogP) is 0.562. The molecule has 0 saturated carbocycles. The molecule has 1 atom stereocenters. The Morgan fingerprint density at radius 3 is 2.00 bits per heavy atom. The van der Waals surface area contributed by atoms with Crippen LogP contribution in [0.3, 0.4) is 0 Å². The zero-order chi connectivity index (χ0) is 9.78. The molecular weight excluding hydrogens is 227 g/mol. The summed E-state index contributed by atoms with van der Waals surface area (Å²) >= 11 is 0. The molecule has 0 radical (unpaired) electrons. The zero-order valence-corrected chi connectivity index (χ0v) is 6.53. The second-order valence-corrected chi connectivity index (χ2v) is 3.62. The Hall–Kier alpha value is 0.630. The average Bonchev–Trinajstić information content (AvgIpc) is 1.99. The maximum absolute atomic E-state index is 11.8. The van der Waals surface area contributed by atoms with Gasteiger partial charge in [-0.3, -0.25) is 4.39 Å². The summed E-state index contributed by atoms with van der Waals surface area (Å²) in [6.07, 6.45) is -4.34. The van der Waals surface area contributed by atoms with Gasteiger partial charge in [0.15, 0.2) is 5.25 Å². The fraction of sp³-hybridized carbons (Fsp3) is 1.00. The van der Waals surface area contributed by atoms with Crippen LogP contribution in [0.1, 0.15) is 6.42 Å². The van der Waals surface area contributed by atoms with Crippen molar-refractivity contribution in [2.75, 3.05) is 6.67 Å². The SMILES string of the molecule is O=S(=O)(OF)C(CCF)C(F)F.[NaH]. The van der Waals surface area contributed by atoms with Crippen molar-refractivity contribution in [1.29, 1.82) is 0 Å². The van der Waals surface area contributed by atoms with Crippen LogP contribution >= 0.6 is 0 Å². The molecule has 0 saturated heterocycles. The van der Waals surface area contributed by atoms with Gasteiger partial charge in [0.25, 0.3) is 6.43 Å². The summed E-state index contributed by atoms with van der Waals surface area (Å²) in [5.41, 5.74) is 0. The molecule has 0 aliphatic heterocycles. The van der Waals surface area contributed by atoms with Crippen LogP contribution in [0, 0.1) is 0 Å². The van der Waals surface area contributed by atoms with Crippen LogP contribution in [0.5, 0.6) is 0 Å². The van der Waals surface area contributed by atoms with E-state index in [1.165, 1.54) is 0 Å². The van der Waals surface area contributed by atoms with Crippen molar-refractivity contribution in [3.63, 3.8) is 0 Å². The third-order valence-electron chi connectivity index (χ3n) is 1.13. The van der Waals surface area contributed by atoms with E-state index in [0.29, 0.717) is 0 Å². The van der Waals surface area contributed by atoms with E-state index in [0.717, 1.165) is 0 Å². The molecule has 0 fully saturated rings. The first-order chi connectivity index (χ1) is 5.45. The van der Waals surface area contributed by atoms with Crippen LogP contribution in [-0.4, -0.2) is 56.3 Å². The van der Waals surface area contributed by atoms with Gasteiger partial charge in [-0.2, -0.15) is 8.42 Å². The minimum absolute atomic E-state index is 0. The Bertz CT molecular complexity index is 219. The van der Waals surface area contributed by atoms with Crippen LogP contribution < -0.4 is 0 Å². The molecule has 1 unspecified atom stereocenters. The molecule has 0 aliphatic rings. The zero-order valence-electron chi connectivity index (χ0n) is 5.71. The van der Waals surface area contributed by atoms with E-state index in [1.807, 2.05) is 0 Å². The van der Waals surface area contributed by atoms with E-state index in [4.69, 9.17) is 0 Å². The summed E-state index contributed by atoms with van der Waals surface area (Å²) in [6, 6.07) is 0. The Labute approximate surface area is 94.8 Å². The average molecular weight is 234 g/mol. The van der Waals surface area contributed by atoms with Gasteiger partial charge in [-0.1, -0.05) is 4.39 Å². The molecule has 0 aromatic carbocycles. The Morgan fingerprint density at radius 1 is 1.31 bits per heavy atom. The fourth-order valence-corrected chi connectivity index (χ4v) is 1.27. The molecule has 0 aromatic heterocycles. The van der Waals surface area contributed by atoms with Gasteiger partial charge in [-0.25, -0.2) is 8.78 Å². The third kappa shape index (κ3) is 5.16. The molecule has 0 heterocycles. The van der Waals surface area contributed by atoms with Gasteiger partial charge in [0, 0.05) is 6.42 Å². The van der Waals surface area contributed by atoms with Crippen molar-refractivity contribution in [1.82, 2.24) is 0 Å². The number of alkyl halides is 3. The minimum atomic E-state index is -4.98. The van der Waals surface area contributed by atoms with Crippen molar-refractivity contribution in [3.8, 4) is 0 Å². The summed E-state index contributed by atoms with van der Waals surface area (Å²) in [5.74, 6) is 0. The first-order valence-corrected chi connectivity index (χ1v) is 4.31. The van der Waals surface area contributed by atoms with E-state index in [-0.39, 0.29) is 29.6 Å². The number of hydrogen-bond acceptors (Lipinski definition) is 3. The molecule has 9 heteroatoms. The molecular formula is C4H7F4NaO3S. The van der Waals surface area contributed by atoms with Gasteiger partial charge in [-0.15, -0.1) is 0 Å². The van der Waals surface area contributed by atoms with Crippen molar-refractivity contribution >= 4 is 39.7 Å². The first kappa shape index (κ1) is 16.1. The standard InChI is InChI=1S/C4H6F4O3S.Na.H/c5-2-1-3(4(6)7)12(9,10)11-8;;/h3-4H,1-2H2;;. The summed E-state index contributed by atoms with van der Waals surface area (Å²) in [6.45, 7) is -1.28. The van der Waals surface area contributed by atoms with Crippen molar-refractivity contribution in [3.05, 3.63) is 0 Å². The molecule has 0 amide bonds. The molecule has 0 N–H and O–H groups in total. The summed E-state index contributed by atoms with van der Waals surface area (Å²) in [7, 11) is -4.98. The molecule has 0 rings (SSSR count). The predicted molar refractivity (Wildman–Crippen MR) is 38.6 cm³/mol. The maximum atomic E-state index is 11.8. The van der Waals surface area contributed by atoms with Crippen molar-refractivity contribution in [2.24, 2.45) is 0 Å². The van der Waals surface area contributed by atoms with Crippen LogP contribution in [0.25, 0.3) is 0 Å². The molecule has 0 spiro atoms. The summed E-state index contributed by atoms with van der Waals surface area (Å²) in [4.78, 5) is 0. The second-order valence-electron chi connectivity index (χ2n) is 1.91. The van der Waals surface area contributed by atoms with Crippen LogP contribution in [0.15, 0.2) is 0 Å². The van der Waals surface area contributed by atoms with Gasteiger partial charge in [0.2, 0.25) is 0 Å². The van der Waals surface area contributed by atoms with Gasteiger partial charge >= 0.3 is 39.7 Å². The first-order valence-electron chi connectivity index (χ1n) is 2.84. The third-order valence-corrected chi connectivity index (χ3v) is 2.49. The van der Waals surface area contributed by atoms with E-state index in [2.05, 4.69) is 4.39 Å². The Balaban J connectivity index is 0. The Morgan fingerprint density at radius 2 is 1.77 bits per heavy atom. The Kier molecular flexibility index (Phi) is 8.65. The quantitative estimate of drug-likeness (QED) is 0.515. The van der Waals surface area contributed by atoms with Crippen molar-refractivity contribution in [2.45, 2.75) is 18.1 Å². The summed E-state index contributed by atoms with van der Waals surface area (Å²) < 4.78 is 69.1. The van der Waals surface area contributed by atoms with Crippen LogP contribution in [0.4, 0.5) is 17.7 Å². The molecule has 0 aliphatic carbocycles. The van der Waals surface area contributed by atoms with Gasteiger partial charge in [0.1, 0.15) is 0 Å². The van der Waals surface area contributed by atoms with Crippen LogP contribution in [0.2, 0.25) is 0 Å². The second kappa shape index (κ2) is 6.99.